The van der Waals surface area contributed by atoms with Crippen molar-refractivity contribution < 1.29 is 9.90 Å². The van der Waals surface area contributed by atoms with Gasteiger partial charge in [-0.1, -0.05) is 6.07 Å². The standard InChI is InChI=1S/C15H19N3O2S/c1-11-2-3-12(8-17-11)4-6-16-15(20)18-9-14(19)13-5-7-21-10-13/h2-3,5,7-8,10,14,19H,4,6,9H2,1H3,(H2,16,18,20)/t14-/m0/s1. The Bertz CT molecular complexity index is 555. The Morgan fingerprint density at radius 2 is 2.24 bits per heavy atom. The van der Waals surface area contributed by atoms with Crippen LogP contribution in [0.2, 0.25) is 0 Å². The predicted molar refractivity (Wildman–Crippen MR) is 83.4 cm³/mol. The Morgan fingerprint density at radius 1 is 1.38 bits per heavy atom. The van der Waals surface area contributed by atoms with Crippen molar-refractivity contribution in [3.05, 3.63) is 52.0 Å². The zero-order chi connectivity index (χ0) is 15.1. The fourth-order valence-corrected chi connectivity index (χ4v) is 2.51. The van der Waals surface area contributed by atoms with Gasteiger partial charge in [0.1, 0.15) is 0 Å². The minimum Gasteiger partial charge on any atom is -0.387 e. The number of carbonyl (C=O) groups excluding carboxylic acids is 1. The van der Waals surface area contributed by atoms with E-state index in [1.165, 1.54) is 11.3 Å². The second-order valence-electron chi connectivity index (χ2n) is 4.77. The summed E-state index contributed by atoms with van der Waals surface area (Å²) in [7, 11) is 0. The van der Waals surface area contributed by atoms with Crippen LogP contribution in [0.3, 0.4) is 0 Å². The Labute approximate surface area is 128 Å². The van der Waals surface area contributed by atoms with Gasteiger partial charge in [0.15, 0.2) is 0 Å². The molecule has 0 saturated heterocycles. The number of rotatable bonds is 6. The monoisotopic (exact) mass is 305 g/mol. The average Bonchev–Trinajstić information content (AvgIpc) is 3.01. The summed E-state index contributed by atoms with van der Waals surface area (Å²) in [5, 5.41) is 19.0. The second-order valence-corrected chi connectivity index (χ2v) is 5.55. The van der Waals surface area contributed by atoms with Crippen LogP contribution in [0.25, 0.3) is 0 Å². The molecule has 0 saturated carbocycles. The molecule has 0 fully saturated rings. The van der Waals surface area contributed by atoms with Gasteiger partial charge in [0.2, 0.25) is 0 Å². The summed E-state index contributed by atoms with van der Waals surface area (Å²) in [6.07, 6.45) is 1.88. The van der Waals surface area contributed by atoms with E-state index in [9.17, 15) is 9.90 Å². The highest BCUT2D eigenvalue weighted by Gasteiger charge is 2.09. The molecule has 6 heteroatoms. The third kappa shape index (κ3) is 5.17. The summed E-state index contributed by atoms with van der Waals surface area (Å²) in [6, 6.07) is 5.53. The van der Waals surface area contributed by atoms with Gasteiger partial charge in [-0.15, -0.1) is 0 Å². The molecule has 0 aromatic carbocycles. The number of hydrogen-bond donors (Lipinski definition) is 3. The van der Waals surface area contributed by atoms with Gasteiger partial charge in [-0.05, 0) is 47.4 Å². The van der Waals surface area contributed by atoms with Gasteiger partial charge in [-0.3, -0.25) is 4.98 Å². The van der Waals surface area contributed by atoms with Crippen LogP contribution in [0.15, 0.2) is 35.2 Å². The van der Waals surface area contributed by atoms with Crippen molar-refractivity contribution in [1.82, 2.24) is 15.6 Å². The molecule has 2 rings (SSSR count). The first-order chi connectivity index (χ1) is 10.1. The lowest BCUT2D eigenvalue weighted by atomic mass is 10.2. The maximum Gasteiger partial charge on any atom is 0.314 e. The Kier molecular flexibility index (Phi) is 5.71. The zero-order valence-electron chi connectivity index (χ0n) is 11.9. The van der Waals surface area contributed by atoms with Crippen molar-refractivity contribution in [2.75, 3.05) is 13.1 Å². The van der Waals surface area contributed by atoms with Crippen LogP contribution in [0.4, 0.5) is 4.79 Å². The third-order valence-corrected chi connectivity index (χ3v) is 3.76. The normalized spacial score (nSPS) is 11.9. The summed E-state index contributed by atoms with van der Waals surface area (Å²) >= 11 is 1.52. The highest BCUT2D eigenvalue weighted by Crippen LogP contribution is 2.14. The fourth-order valence-electron chi connectivity index (χ4n) is 1.80. The van der Waals surface area contributed by atoms with E-state index in [-0.39, 0.29) is 12.6 Å². The number of nitrogens with zero attached hydrogens (tertiary/aromatic N) is 1. The molecule has 0 aliphatic rings. The Morgan fingerprint density at radius 3 is 2.90 bits per heavy atom. The number of aryl methyl sites for hydroxylation is 1. The molecule has 1 atom stereocenters. The molecule has 2 aromatic heterocycles. The molecule has 0 radical (unpaired) electrons. The van der Waals surface area contributed by atoms with Crippen molar-refractivity contribution in [2.24, 2.45) is 0 Å². The molecule has 0 bridgehead atoms. The van der Waals surface area contributed by atoms with Crippen molar-refractivity contribution >= 4 is 17.4 Å². The molecule has 0 spiro atoms. The number of aliphatic hydroxyl groups is 1. The smallest absolute Gasteiger partial charge is 0.314 e. The molecule has 0 aliphatic carbocycles. The highest BCUT2D eigenvalue weighted by atomic mass is 32.1. The number of aromatic nitrogens is 1. The van der Waals surface area contributed by atoms with Crippen LogP contribution in [0.1, 0.15) is 22.9 Å². The number of urea groups is 1. The number of nitrogens with one attached hydrogen (secondary N) is 2. The first kappa shape index (κ1) is 15.5. The quantitative estimate of drug-likeness (QED) is 0.764. The summed E-state index contributed by atoms with van der Waals surface area (Å²) < 4.78 is 0. The maximum absolute atomic E-state index is 11.6. The lowest BCUT2D eigenvalue weighted by Crippen LogP contribution is -2.38. The van der Waals surface area contributed by atoms with Gasteiger partial charge in [-0.2, -0.15) is 11.3 Å². The van der Waals surface area contributed by atoms with Crippen molar-refractivity contribution in [2.45, 2.75) is 19.4 Å². The zero-order valence-corrected chi connectivity index (χ0v) is 12.7. The molecule has 0 unspecified atom stereocenters. The molecule has 112 valence electrons. The van der Waals surface area contributed by atoms with Crippen LogP contribution in [0, 0.1) is 6.92 Å². The van der Waals surface area contributed by atoms with E-state index in [1.54, 1.807) is 0 Å². The molecule has 3 N–H and O–H groups in total. The van der Waals surface area contributed by atoms with Crippen molar-refractivity contribution in [3.8, 4) is 0 Å². The molecular weight excluding hydrogens is 286 g/mol. The highest BCUT2D eigenvalue weighted by molar-refractivity contribution is 7.07. The number of carbonyl (C=O) groups is 1. The fraction of sp³-hybridized carbons (Fsp3) is 0.333. The lowest BCUT2D eigenvalue weighted by molar-refractivity contribution is 0.173. The molecule has 21 heavy (non-hydrogen) atoms. The lowest BCUT2D eigenvalue weighted by Gasteiger charge is -2.11. The second kappa shape index (κ2) is 7.75. The van der Waals surface area contributed by atoms with Crippen LogP contribution < -0.4 is 10.6 Å². The summed E-state index contributed by atoms with van der Waals surface area (Å²) in [5.74, 6) is 0. The number of aliphatic hydroxyl groups excluding tert-OH is 1. The number of amides is 2. The summed E-state index contributed by atoms with van der Waals surface area (Å²) in [4.78, 5) is 15.8. The SMILES string of the molecule is Cc1ccc(CCNC(=O)NC[C@H](O)c2ccsc2)cn1. The van der Waals surface area contributed by atoms with Crippen LogP contribution in [0.5, 0.6) is 0 Å². The first-order valence-corrected chi connectivity index (χ1v) is 7.73. The van der Waals surface area contributed by atoms with Gasteiger partial charge < -0.3 is 15.7 Å². The van der Waals surface area contributed by atoms with Crippen LogP contribution in [-0.2, 0) is 6.42 Å². The predicted octanol–water partition coefficient (Wildman–Crippen LogP) is 2.03. The van der Waals surface area contributed by atoms with Gasteiger partial charge in [0.05, 0.1) is 6.10 Å². The van der Waals surface area contributed by atoms with E-state index in [4.69, 9.17) is 0 Å². The largest absolute Gasteiger partial charge is 0.387 e. The van der Waals surface area contributed by atoms with Gasteiger partial charge in [0.25, 0.3) is 0 Å². The van der Waals surface area contributed by atoms with E-state index in [0.29, 0.717) is 6.54 Å². The number of pyridine rings is 1. The molecule has 2 aromatic rings. The van der Waals surface area contributed by atoms with Gasteiger partial charge in [-0.25, -0.2) is 4.79 Å². The third-order valence-electron chi connectivity index (χ3n) is 3.06. The topological polar surface area (TPSA) is 74.2 Å². The van der Waals surface area contributed by atoms with E-state index in [0.717, 1.165) is 23.2 Å². The van der Waals surface area contributed by atoms with Crippen LogP contribution in [-0.4, -0.2) is 29.2 Å². The van der Waals surface area contributed by atoms with Gasteiger partial charge >= 0.3 is 6.03 Å². The molecular formula is C15H19N3O2S. The Balaban J connectivity index is 1.64. The first-order valence-electron chi connectivity index (χ1n) is 6.78. The molecule has 2 amide bonds. The van der Waals surface area contributed by atoms with E-state index >= 15 is 0 Å². The van der Waals surface area contributed by atoms with Crippen molar-refractivity contribution in [3.63, 3.8) is 0 Å². The average molecular weight is 305 g/mol. The summed E-state index contributed by atoms with van der Waals surface area (Å²) in [5.41, 5.74) is 2.89. The van der Waals surface area contributed by atoms with E-state index < -0.39 is 6.10 Å². The maximum atomic E-state index is 11.6. The van der Waals surface area contributed by atoms with E-state index in [1.807, 2.05) is 42.1 Å². The molecule has 5 nitrogen and oxygen atoms in total. The summed E-state index contributed by atoms with van der Waals surface area (Å²) in [6.45, 7) is 2.67. The van der Waals surface area contributed by atoms with Crippen molar-refractivity contribution in [1.29, 1.82) is 0 Å². The van der Waals surface area contributed by atoms with E-state index in [2.05, 4.69) is 15.6 Å². The minimum atomic E-state index is -0.664. The number of hydrogen-bond acceptors (Lipinski definition) is 4. The molecule has 0 aliphatic heterocycles. The number of thiophene rings is 1. The Hall–Kier alpha value is -1.92. The molecule has 2 heterocycles. The van der Waals surface area contributed by atoms with Gasteiger partial charge in [0, 0.05) is 25.0 Å². The minimum absolute atomic E-state index is 0.203. The van der Waals surface area contributed by atoms with Crippen LogP contribution >= 0.6 is 11.3 Å².